The smallest absolute Gasteiger partial charge is 0.209 e. The highest BCUT2D eigenvalue weighted by atomic mass is 35.5. The lowest BCUT2D eigenvalue weighted by molar-refractivity contribution is 0.0671. The van der Waals surface area contributed by atoms with Crippen molar-refractivity contribution in [3.63, 3.8) is 0 Å². The van der Waals surface area contributed by atoms with E-state index in [0.717, 1.165) is 44.3 Å². The molecule has 3 aromatic rings. The van der Waals surface area contributed by atoms with Gasteiger partial charge in [-0.15, -0.1) is 12.4 Å². The predicted octanol–water partition coefficient (Wildman–Crippen LogP) is 5.96. The Labute approximate surface area is 222 Å². The second-order valence-electron chi connectivity index (χ2n) is 9.51. The molecule has 0 bridgehead atoms. The molecule has 0 fully saturated rings. The quantitative estimate of drug-likeness (QED) is 0.275. The second kappa shape index (κ2) is 14.0. The van der Waals surface area contributed by atoms with Crippen molar-refractivity contribution < 1.29 is 18.3 Å². The van der Waals surface area contributed by atoms with Crippen LogP contribution in [0, 0.1) is 0 Å². The van der Waals surface area contributed by atoms with E-state index in [1.165, 1.54) is 0 Å². The topological polar surface area (TPSA) is 71.2 Å². The van der Waals surface area contributed by atoms with Crippen molar-refractivity contribution in [1.82, 2.24) is 9.30 Å². The summed E-state index contributed by atoms with van der Waals surface area (Å²) in [7, 11) is -3.71. The van der Waals surface area contributed by atoms with Gasteiger partial charge in [0.05, 0.1) is 10.4 Å². The Morgan fingerprint density at radius 3 is 2.22 bits per heavy atom. The molecule has 1 aromatic carbocycles. The summed E-state index contributed by atoms with van der Waals surface area (Å²) in [6.45, 7) is 11.0. The van der Waals surface area contributed by atoms with Gasteiger partial charge in [0.2, 0.25) is 9.84 Å². The lowest BCUT2D eigenvalue weighted by Gasteiger charge is -2.25. The van der Waals surface area contributed by atoms with Crippen LogP contribution < -0.4 is 4.74 Å². The Hall–Kier alpha value is -2.06. The number of ether oxygens (including phenoxy) is 1. The van der Waals surface area contributed by atoms with E-state index in [4.69, 9.17) is 4.74 Å². The molecule has 8 heteroatoms. The molecule has 200 valence electrons. The highest BCUT2D eigenvalue weighted by Crippen LogP contribution is 2.34. The minimum Gasteiger partial charge on any atom is -0.491 e. The number of aliphatic hydroxyl groups excluding tert-OH is 1. The third-order valence-corrected chi connectivity index (χ3v) is 8.13. The van der Waals surface area contributed by atoms with Gasteiger partial charge in [0.15, 0.2) is 0 Å². The fourth-order valence-electron chi connectivity index (χ4n) is 4.26. The number of unbranched alkanes of at least 4 members (excludes halogenated alkanes) is 2. The molecule has 0 saturated carbocycles. The van der Waals surface area contributed by atoms with Crippen LogP contribution in [0.2, 0.25) is 0 Å². The van der Waals surface area contributed by atoms with Crippen molar-refractivity contribution in [1.29, 1.82) is 0 Å². The Balaban J connectivity index is 0.00000456. The summed E-state index contributed by atoms with van der Waals surface area (Å²) in [4.78, 5) is 2.89. The molecule has 0 saturated heterocycles. The number of halogens is 1. The molecule has 3 rings (SSSR count). The number of aromatic nitrogens is 1. The number of sulfone groups is 1. The van der Waals surface area contributed by atoms with Crippen molar-refractivity contribution in [2.45, 2.75) is 75.2 Å². The average Bonchev–Trinajstić information content (AvgIpc) is 3.25. The normalized spacial score (nSPS) is 12.8. The molecule has 6 nitrogen and oxygen atoms in total. The zero-order valence-corrected chi connectivity index (χ0v) is 23.5. The molecule has 2 aromatic heterocycles. The van der Waals surface area contributed by atoms with Crippen molar-refractivity contribution >= 4 is 27.8 Å². The molecule has 0 aliphatic rings. The van der Waals surface area contributed by atoms with Gasteiger partial charge in [0.1, 0.15) is 23.4 Å². The van der Waals surface area contributed by atoms with E-state index in [9.17, 15) is 13.5 Å². The number of benzene rings is 1. The summed E-state index contributed by atoms with van der Waals surface area (Å²) in [6.07, 6.45) is 7.65. The summed E-state index contributed by atoms with van der Waals surface area (Å²) in [5.41, 5.74) is 1.48. The number of hydrogen-bond donors (Lipinski definition) is 1. The number of rotatable bonds is 14. The lowest BCUT2D eigenvalue weighted by Crippen LogP contribution is -2.36. The molecule has 0 aliphatic carbocycles. The number of hydrogen-bond acceptors (Lipinski definition) is 5. The van der Waals surface area contributed by atoms with E-state index < -0.39 is 15.9 Å². The maximum Gasteiger partial charge on any atom is 0.209 e. The van der Waals surface area contributed by atoms with Gasteiger partial charge >= 0.3 is 0 Å². The van der Waals surface area contributed by atoms with E-state index in [1.807, 2.05) is 48.8 Å². The van der Waals surface area contributed by atoms with Gasteiger partial charge in [0.25, 0.3) is 0 Å². The van der Waals surface area contributed by atoms with Gasteiger partial charge < -0.3 is 19.1 Å². The number of fused-ring (bicyclic) bond motifs is 1. The first-order valence-corrected chi connectivity index (χ1v) is 14.2. The lowest BCUT2D eigenvalue weighted by atomic mass is 10.1. The molecule has 0 aliphatic heterocycles. The summed E-state index contributed by atoms with van der Waals surface area (Å²) < 4.78 is 34.9. The molecule has 1 atom stereocenters. The maximum absolute atomic E-state index is 13.6. The van der Waals surface area contributed by atoms with Crippen LogP contribution in [0.3, 0.4) is 0 Å². The van der Waals surface area contributed by atoms with Gasteiger partial charge in [-0.3, -0.25) is 0 Å². The van der Waals surface area contributed by atoms with E-state index in [1.54, 1.807) is 24.3 Å². The van der Waals surface area contributed by atoms with Crippen LogP contribution in [0.15, 0.2) is 64.6 Å². The van der Waals surface area contributed by atoms with Gasteiger partial charge in [-0.2, -0.15) is 0 Å². The summed E-state index contributed by atoms with van der Waals surface area (Å²) in [6, 6.07) is 12.1. The standard InChI is InChI=1S/C28H40N2O4S.ClH/c1-5-7-16-29(17-8-6-2)19-23(31)21-34-24-12-14-25(15-13-24)35(32,33)28-26(22(3)4)20-30-18-10-9-11-27(28)30;/h9-15,18,20,22-23,31H,5-8,16-17,19,21H2,1-4H3;1H. The Bertz CT molecular complexity index is 1170. The van der Waals surface area contributed by atoms with Crippen LogP contribution >= 0.6 is 12.4 Å². The first kappa shape index (κ1) is 30.2. The number of pyridine rings is 1. The van der Waals surface area contributed by atoms with Crippen LogP contribution in [-0.4, -0.2) is 55.2 Å². The highest BCUT2D eigenvalue weighted by Gasteiger charge is 2.27. The van der Waals surface area contributed by atoms with Crippen LogP contribution in [0.4, 0.5) is 0 Å². The van der Waals surface area contributed by atoms with E-state index in [-0.39, 0.29) is 29.8 Å². The summed E-state index contributed by atoms with van der Waals surface area (Å²) >= 11 is 0. The molecule has 0 spiro atoms. The van der Waals surface area contributed by atoms with Gasteiger partial charge in [-0.05, 0) is 73.8 Å². The van der Waals surface area contributed by atoms with Crippen molar-refractivity contribution in [3.05, 3.63) is 60.4 Å². The van der Waals surface area contributed by atoms with Crippen LogP contribution in [0.1, 0.15) is 64.9 Å². The molecule has 1 unspecified atom stereocenters. The van der Waals surface area contributed by atoms with E-state index >= 15 is 0 Å². The second-order valence-corrected chi connectivity index (χ2v) is 11.4. The predicted molar refractivity (Wildman–Crippen MR) is 148 cm³/mol. The van der Waals surface area contributed by atoms with Crippen LogP contribution in [0.5, 0.6) is 5.75 Å². The molecular weight excluding hydrogens is 496 g/mol. The number of aliphatic hydroxyl groups is 1. The van der Waals surface area contributed by atoms with Gasteiger partial charge in [-0.1, -0.05) is 46.6 Å². The Morgan fingerprint density at radius 1 is 1.00 bits per heavy atom. The minimum absolute atomic E-state index is 0. The SMILES string of the molecule is CCCCN(CCCC)CC(O)COc1ccc(S(=O)(=O)c2c(C(C)C)cn3ccccc23)cc1.Cl. The van der Waals surface area contributed by atoms with E-state index in [2.05, 4.69) is 18.7 Å². The van der Waals surface area contributed by atoms with Crippen LogP contribution in [-0.2, 0) is 9.84 Å². The van der Waals surface area contributed by atoms with E-state index in [0.29, 0.717) is 22.7 Å². The fraction of sp³-hybridized carbons (Fsp3) is 0.500. The summed E-state index contributed by atoms with van der Waals surface area (Å²) in [5.74, 6) is 0.612. The molecule has 36 heavy (non-hydrogen) atoms. The Morgan fingerprint density at radius 2 is 1.64 bits per heavy atom. The first-order valence-electron chi connectivity index (χ1n) is 12.8. The van der Waals surface area contributed by atoms with Crippen LogP contribution in [0.25, 0.3) is 5.52 Å². The average molecular weight is 537 g/mol. The monoisotopic (exact) mass is 536 g/mol. The highest BCUT2D eigenvalue weighted by molar-refractivity contribution is 7.91. The van der Waals surface area contributed by atoms with Crippen molar-refractivity contribution in [2.75, 3.05) is 26.2 Å². The Kier molecular flexibility index (Phi) is 11.8. The van der Waals surface area contributed by atoms with Gasteiger partial charge in [0, 0.05) is 18.9 Å². The fourth-order valence-corrected chi connectivity index (χ4v) is 6.03. The molecule has 1 N–H and O–H groups in total. The zero-order chi connectivity index (χ0) is 25.4. The molecule has 2 heterocycles. The maximum atomic E-state index is 13.6. The first-order chi connectivity index (χ1) is 16.8. The largest absolute Gasteiger partial charge is 0.491 e. The third kappa shape index (κ3) is 7.48. The summed E-state index contributed by atoms with van der Waals surface area (Å²) in [5, 5.41) is 10.5. The van der Waals surface area contributed by atoms with Gasteiger partial charge in [-0.25, -0.2) is 8.42 Å². The minimum atomic E-state index is -3.71. The third-order valence-electron chi connectivity index (χ3n) is 6.25. The molecule has 0 amide bonds. The van der Waals surface area contributed by atoms with Crippen molar-refractivity contribution in [2.24, 2.45) is 0 Å². The van der Waals surface area contributed by atoms with Crippen molar-refractivity contribution in [3.8, 4) is 5.75 Å². The molecular formula is C28H41ClN2O4S. The molecule has 0 radical (unpaired) electrons. The number of nitrogens with zero attached hydrogens (tertiary/aromatic N) is 2. The zero-order valence-electron chi connectivity index (χ0n) is 21.9.